The largest absolute Gasteiger partial charge is 0.207 e. The van der Waals surface area contributed by atoms with Crippen LogP contribution in [0.3, 0.4) is 0 Å². The van der Waals surface area contributed by atoms with Gasteiger partial charge in [-0.1, -0.05) is 22.9 Å². The summed E-state index contributed by atoms with van der Waals surface area (Å²) in [6.45, 7) is 3.41. The molecule has 1 unspecified atom stereocenters. The van der Waals surface area contributed by atoms with Crippen molar-refractivity contribution in [3.8, 4) is 0 Å². The third-order valence-electron chi connectivity index (χ3n) is 2.04. The molecule has 1 aromatic carbocycles. The van der Waals surface area contributed by atoms with Gasteiger partial charge < -0.3 is 0 Å². The third kappa shape index (κ3) is 2.27. The predicted molar refractivity (Wildman–Crippen MR) is 53.3 cm³/mol. The first kappa shape index (κ1) is 10.6. The number of alkyl halides is 1. The Balaban J connectivity index is 3.15. The lowest BCUT2D eigenvalue weighted by atomic mass is 10.0. The van der Waals surface area contributed by atoms with Gasteiger partial charge in [0.2, 0.25) is 0 Å². The third-order valence-corrected chi connectivity index (χ3v) is 3.01. The van der Waals surface area contributed by atoms with Crippen LogP contribution < -0.4 is 0 Å². The van der Waals surface area contributed by atoms with E-state index in [-0.39, 0.29) is 17.6 Å². The van der Waals surface area contributed by atoms with Gasteiger partial charge in [-0.3, -0.25) is 0 Å². The van der Waals surface area contributed by atoms with Crippen LogP contribution in [-0.4, -0.2) is 5.33 Å². The van der Waals surface area contributed by atoms with E-state index in [1.54, 1.807) is 6.92 Å². The molecule has 1 atom stereocenters. The van der Waals surface area contributed by atoms with E-state index in [4.69, 9.17) is 0 Å². The second-order valence-corrected chi connectivity index (χ2v) is 3.83. The molecule has 0 radical (unpaired) electrons. The van der Waals surface area contributed by atoms with E-state index in [9.17, 15) is 8.78 Å². The summed E-state index contributed by atoms with van der Waals surface area (Å²) in [5.41, 5.74) is 0.781. The average Bonchev–Trinajstić information content (AvgIpc) is 2.10. The second kappa shape index (κ2) is 4.18. The van der Waals surface area contributed by atoms with Crippen LogP contribution in [0.15, 0.2) is 12.1 Å². The summed E-state index contributed by atoms with van der Waals surface area (Å²) in [4.78, 5) is 0. The van der Waals surface area contributed by atoms with Gasteiger partial charge >= 0.3 is 0 Å². The molecular weight excluding hydrogens is 238 g/mol. The zero-order valence-corrected chi connectivity index (χ0v) is 9.16. The lowest BCUT2D eigenvalue weighted by molar-refractivity contribution is 0.571. The number of hydrogen-bond donors (Lipinski definition) is 0. The van der Waals surface area contributed by atoms with E-state index < -0.39 is 0 Å². The van der Waals surface area contributed by atoms with Gasteiger partial charge in [-0.15, -0.1) is 0 Å². The fourth-order valence-corrected chi connectivity index (χ4v) is 1.47. The first-order chi connectivity index (χ1) is 6.06. The number of hydrogen-bond acceptors (Lipinski definition) is 0. The SMILES string of the molecule is Cc1cc(F)c(C(C)CBr)cc1F. The molecule has 13 heavy (non-hydrogen) atoms. The molecule has 0 spiro atoms. The Hall–Kier alpha value is -0.440. The molecule has 0 aromatic heterocycles. The molecule has 0 fully saturated rings. The normalized spacial score (nSPS) is 13.0. The van der Waals surface area contributed by atoms with E-state index >= 15 is 0 Å². The predicted octanol–water partition coefficient (Wildman–Crippen LogP) is 3.77. The van der Waals surface area contributed by atoms with E-state index in [0.29, 0.717) is 16.5 Å². The maximum atomic E-state index is 13.3. The summed E-state index contributed by atoms with van der Waals surface area (Å²) >= 11 is 3.24. The molecule has 0 aliphatic heterocycles. The summed E-state index contributed by atoms with van der Waals surface area (Å²) in [6.07, 6.45) is 0. The Morgan fingerprint density at radius 1 is 1.31 bits per heavy atom. The lowest BCUT2D eigenvalue weighted by Crippen LogP contribution is -2.00. The molecule has 0 heterocycles. The number of rotatable bonds is 2. The Morgan fingerprint density at radius 2 is 1.92 bits per heavy atom. The fourth-order valence-electron chi connectivity index (χ4n) is 1.12. The molecule has 72 valence electrons. The summed E-state index contributed by atoms with van der Waals surface area (Å²) in [5, 5.41) is 0.631. The van der Waals surface area contributed by atoms with Crippen molar-refractivity contribution in [2.75, 3.05) is 5.33 Å². The molecule has 0 saturated heterocycles. The van der Waals surface area contributed by atoms with Gasteiger partial charge in [0.05, 0.1) is 0 Å². The Morgan fingerprint density at radius 3 is 2.46 bits per heavy atom. The molecule has 0 saturated carbocycles. The highest BCUT2D eigenvalue weighted by Crippen LogP contribution is 2.23. The first-order valence-electron chi connectivity index (χ1n) is 4.07. The summed E-state index contributed by atoms with van der Waals surface area (Å²) in [7, 11) is 0. The van der Waals surface area contributed by atoms with Gasteiger partial charge in [0.15, 0.2) is 0 Å². The highest BCUT2D eigenvalue weighted by molar-refractivity contribution is 9.09. The zero-order chi connectivity index (χ0) is 10.0. The molecule has 0 bridgehead atoms. The molecule has 0 N–H and O–H groups in total. The quantitative estimate of drug-likeness (QED) is 0.700. The van der Waals surface area contributed by atoms with Crippen LogP contribution in [0, 0.1) is 18.6 Å². The van der Waals surface area contributed by atoms with Gasteiger partial charge in [-0.2, -0.15) is 0 Å². The van der Waals surface area contributed by atoms with Crippen molar-refractivity contribution in [2.45, 2.75) is 19.8 Å². The van der Waals surface area contributed by atoms with E-state index in [1.807, 2.05) is 6.92 Å². The minimum atomic E-state index is -0.343. The van der Waals surface area contributed by atoms with Crippen LogP contribution in [0.5, 0.6) is 0 Å². The summed E-state index contributed by atoms with van der Waals surface area (Å²) in [5.74, 6) is -0.676. The fraction of sp³-hybridized carbons (Fsp3) is 0.400. The van der Waals surface area contributed by atoms with Crippen molar-refractivity contribution in [1.29, 1.82) is 0 Å². The van der Waals surface area contributed by atoms with Gasteiger partial charge in [0, 0.05) is 5.33 Å². The maximum Gasteiger partial charge on any atom is 0.127 e. The van der Waals surface area contributed by atoms with Gasteiger partial charge in [-0.05, 0) is 36.1 Å². The highest BCUT2D eigenvalue weighted by atomic mass is 79.9. The molecule has 1 rings (SSSR count). The van der Waals surface area contributed by atoms with Gasteiger partial charge in [0.1, 0.15) is 11.6 Å². The van der Waals surface area contributed by atoms with Crippen LogP contribution in [0.1, 0.15) is 24.0 Å². The molecule has 0 amide bonds. The second-order valence-electron chi connectivity index (χ2n) is 3.18. The molecule has 1 aromatic rings. The molecule has 0 aliphatic rings. The lowest BCUT2D eigenvalue weighted by Gasteiger charge is -2.10. The van der Waals surface area contributed by atoms with E-state index in [2.05, 4.69) is 15.9 Å². The van der Waals surface area contributed by atoms with Gasteiger partial charge in [-0.25, -0.2) is 8.78 Å². The minimum Gasteiger partial charge on any atom is -0.207 e. The van der Waals surface area contributed by atoms with Crippen molar-refractivity contribution < 1.29 is 8.78 Å². The minimum absolute atomic E-state index is 0.00454. The summed E-state index contributed by atoms with van der Waals surface area (Å²) in [6, 6.07) is 2.51. The van der Waals surface area contributed by atoms with Crippen LogP contribution in [0.25, 0.3) is 0 Å². The standard InChI is InChI=1S/C10H11BrF2/c1-6-3-10(13)8(4-9(6)12)7(2)5-11/h3-4,7H,5H2,1-2H3. The van der Waals surface area contributed by atoms with Crippen molar-refractivity contribution in [2.24, 2.45) is 0 Å². The Bertz CT molecular complexity index is 310. The van der Waals surface area contributed by atoms with Crippen molar-refractivity contribution in [3.05, 3.63) is 34.9 Å². The Labute approximate surface area is 85.1 Å². The van der Waals surface area contributed by atoms with Crippen molar-refractivity contribution in [1.82, 2.24) is 0 Å². The monoisotopic (exact) mass is 248 g/mol. The topological polar surface area (TPSA) is 0 Å². The molecular formula is C10H11BrF2. The van der Waals surface area contributed by atoms with Crippen LogP contribution in [-0.2, 0) is 0 Å². The molecule has 3 heteroatoms. The average molecular weight is 249 g/mol. The molecule has 0 aliphatic carbocycles. The van der Waals surface area contributed by atoms with Crippen molar-refractivity contribution in [3.63, 3.8) is 0 Å². The maximum absolute atomic E-state index is 13.3. The summed E-state index contributed by atoms with van der Waals surface area (Å²) < 4.78 is 26.4. The van der Waals surface area contributed by atoms with E-state index in [0.717, 1.165) is 0 Å². The number of aryl methyl sites for hydroxylation is 1. The van der Waals surface area contributed by atoms with E-state index in [1.165, 1.54) is 12.1 Å². The van der Waals surface area contributed by atoms with Crippen LogP contribution in [0.2, 0.25) is 0 Å². The van der Waals surface area contributed by atoms with Gasteiger partial charge in [0.25, 0.3) is 0 Å². The number of halogens is 3. The zero-order valence-electron chi connectivity index (χ0n) is 7.57. The highest BCUT2D eigenvalue weighted by Gasteiger charge is 2.12. The van der Waals surface area contributed by atoms with Crippen molar-refractivity contribution >= 4 is 15.9 Å². The first-order valence-corrected chi connectivity index (χ1v) is 5.20. The smallest absolute Gasteiger partial charge is 0.127 e. The molecule has 0 nitrogen and oxygen atoms in total. The number of benzene rings is 1. The van der Waals surface area contributed by atoms with Crippen LogP contribution >= 0.6 is 15.9 Å². The van der Waals surface area contributed by atoms with Crippen LogP contribution in [0.4, 0.5) is 8.78 Å². The Kier molecular flexibility index (Phi) is 3.42.